The highest BCUT2D eigenvalue weighted by molar-refractivity contribution is 5.93. The first-order valence-electron chi connectivity index (χ1n) is 20.3. The average Bonchev–Trinajstić information content (AvgIpc) is 3.00. The molecular formula is C41H80O4. The van der Waals surface area contributed by atoms with E-state index in [-0.39, 0.29) is 0 Å². The summed E-state index contributed by atoms with van der Waals surface area (Å²) >= 11 is 0. The van der Waals surface area contributed by atoms with E-state index in [0.29, 0.717) is 12.8 Å². The van der Waals surface area contributed by atoms with Gasteiger partial charge in [-0.05, 0) is 18.3 Å². The Kier molecular flexibility index (Phi) is 32.1. The summed E-state index contributed by atoms with van der Waals surface area (Å²) < 4.78 is 0. The molecule has 0 radical (unpaired) electrons. The lowest BCUT2D eigenvalue weighted by Crippen LogP contribution is -2.39. The molecule has 0 amide bonds. The first-order chi connectivity index (χ1) is 21.9. The van der Waals surface area contributed by atoms with Crippen LogP contribution in [0.4, 0.5) is 0 Å². The van der Waals surface area contributed by atoms with Gasteiger partial charge in [-0.3, -0.25) is 9.59 Å². The smallest absolute Gasteiger partial charge is 0.318 e. The van der Waals surface area contributed by atoms with E-state index in [1.807, 2.05) is 6.92 Å². The number of carboxylic acids is 2. The fourth-order valence-electron chi connectivity index (χ4n) is 7.27. The fourth-order valence-corrected chi connectivity index (χ4v) is 7.27. The van der Waals surface area contributed by atoms with Crippen LogP contribution in [0.25, 0.3) is 0 Å². The van der Waals surface area contributed by atoms with E-state index in [1.54, 1.807) is 0 Å². The molecule has 0 rings (SSSR count). The molecule has 0 bridgehead atoms. The molecule has 0 aliphatic heterocycles. The molecule has 0 aliphatic rings. The topological polar surface area (TPSA) is 74.6 Å². The van der Waals surface area contributed by atoms with Crippen LogP contribution in [0, 0.1) is 11.3 Å². The Morgan fingerprint density at radius 1 is 0.378 bits per heavy atom. The quantitative estimate of drug-likeness (QED) is 0.0525. The summed E-state index contributed by atoms with van der Waals surface area (Å²) in [5.74, 6) is -3.64. The minimum Gasteiger partial charge on any atom is -0.481 e. The summed E-state index contributed by atoms with van der Waals surface area (Å²) in [5.41, 5.74) is -0.663. The Bertz CT molecular complexity index is 595. The molecule has 268 valence electrons. The second kappa shape index (κ2) is 32.9. The van der Waals surface area contributed by atoms with Crippen molar-refractivity contribution in [2.45, 2.75) is 239 Å². The summed E-state index contributed by atoms with van der Waals surface area (Å²) in [4.78, 5) is 23.9. The maximum Gasteiger partial charge on any atom is 0.318 e. The van der Waals surface area contributed by atoms with E-state index in [0.717, 1.165) is 25.7 Å². The second-order valence-electron chi connectivity index (χ2n) is 14.9. The van der Waals surface area contributed by atoms with Crippen molar-refractivity contribution in [1.29, 1.82) is 0 Å². The number of hydrogen-bond acceptors (Lipinski definition) is 2. The molecule has 4 nitrogen and oxygen atoms in total. The molecule has 4 heteroatoms. The first-order valence-corrected chi connectivity index (χ1v) is 20.3. The summed E-state index contributed by atoms with van der Waals surface area (Å²) in [6, 6.07) is 0. The maximum atomic E-state index is 12.0. The Morgan fingerprint density at radius 3 is 0.733 bits per heavy atom. The SMILES string of the molecule is CCCCCCCCCCCCCCCCCCC(C)(CCCCCCCCCCCCCCCCCC)C(C(=O)O)C(=O)O. The molecule has 2 N–H and O–H groups in total. The third kappa shape index (κ3) is 27.7. The maximum absolute atomic E-state index is 12.0. The molecule has 0 aliphatic carbocycles. The van der Waals surface area contributed by atoms with Gasteiger partial charge < -0.3 is 10.2 Å². The van der Waals surface area contributed by atoms with Crippen LogP contribution in [-0.2, 0) is 9.59 Å². The van der Waals surface area contributed by atoms with Gasteiger partial charge in [0.15, 0.2) is 5.92 Å². The molecule has 0 aromatic heterocycles. The number of unbranched alkanes of at least 4 members (excludes halogenated alkanes) is 30. The third-order valence-corrected chi connectivity index (χ3v) is 10.4. The Labute approximate surface area is 281 Å². The molecule has 0 aromatic rings. The Hall–Kier alpha value is -1.06. The molecule has 0 unspecified atom stereocenters. The van der Waals surface area contributed by atoms with Gasteiger partial charge >= 0.3 is 11.9 Å². The zero-order valence-corrected chi connectivity index (χ0v) is 30.8. The van der Waals surface area contributed by atoms with Gasteiger partial charge in [0.05, 0.1) is 0 Å². The molecule has 0 heterocycles. The van der Waals surface area contributed by atoms with Gasteiger partial charge in [0, 0.05) is 0 Å². The summed E-state index contributed by atoms with van der Waals surface area (Å²) in [6.45, 7) is 6.48. The average molecular weight is 637 g/mol. The number of hydrogen-bond donors (Lipinski definition) is 2. The molecule has 0 saturated heterocycles. The fraction of sp³-hybridized carbons (Fsp3) is 0.951. The van der Waals surface area contributed by atoms with Crippen molar-refractivity contribution in [3.8, 4) is 0 Å². The third-order valence-electron chi connectivity index (χ3n) is 10.4. The molecular weight excluding hydrogens is 556 g/mol. The zero-order chi connectivity index (χ0) is 33.3. The lowest BCUT2D eigenvalue weighted by Gasteiger charge is -2.33. The van der Waals surface area contributed by atoms with Gasteiger partial charge in [-0.25, -0.2) is 0 Å². The number of carbonyl (C=O) groups is 2. The highest BCUT2D eigenvalue weighted by atomic mass is 16.4. The van der Waals surface area contributed by atoms with E-state index < -0.39 is 23.3 Å². The zero-order valence-electron chi connectivity index (χ0n) is 30.8. The van der Waals surface area contributed by atoms with Crippen molar-refractivity contribution in [1.82, 2.24) is 0 Å². The molecule has 0 spiro atoms. The normalized spacial score (nSPS) is 11.9. The van der Waals surface area contributed by atoms with Crippen molar-refractivity contribution < 1.29 is 19.8 Å². The van der Waals surface area contributed by atoms with Crippen LogP contribution in [0.2, 0.25) is 0 Å². The lowest BCUT2D eigenvalue weighted by molar-refractivity contribution is -0.161. The van der Waals surface area contributed by atoms with Gasteiger partial charge in [0.1, 0.15) is 0 Å². The van der Waals surface area contributed by atoms with Gasteiger partial charge in [0.25, 0.3) is 0 Å². The van der Waals surface area contributed by atoms with Crippen LogP contribution in [0.15, 0.2) is 0 Å². The minimum atomic E-state index is -1.30. The van der Waals surface area contributed by atoms with Crippen LogP contribution in [0.5, 0.6) is 0 Å². The summed E-state index contributed by atoms with van der Waals surface area (Å²) in [7, 11) is 0. The summed E-state index contributed by atoms with van der Waals surface area (Å²) in [6.07, 6.45) is 43.3. The van der Waals surface area contributed by atoms with Crippen LogP contribution >= 0.6 is 0 Å². The standard InChI is InChI=1S/C41H80O4/c1-4-6-8-10-12-14-16-18-20-22-24-26-28-30-32-34-36-41(3,38(39(42)43)40(44)45)37-35-33-31-29-27-25-23-21-19-17-15-13-11-9-7-5-2/h38H,4-37H2,1-3H3,(H,42,43)(H,44,45). The first kappa shape index (κ1) is 43.9. The van der Waals surface area contributed by atoms with Crippen LogP contribution in [0.3, 0.4) is 0 Å². The van der Waals surface area contributed by atoms with Gasteiger partial charge in [-0.2, -0.15) is 0 Å². The van der Waals surface area contributed by atoms with Crippen molar-refractivity contribution in [3.63, 3.8) is 0 Å². The van der Waals surface area contributed by atoms with Crippen molar-refractivity contribution in [3.05, 3.63) is 0 Å². The largest absolute Gasteiger partial charge is 0.481 e. The van der Waals surface area contributed by atoms with Crippen molar-refractivity contribution in [2.24, 2.45) is 11.3 Å². The molecule has 0 atom stereocenters. The minimum absolute atomic E-state index is 0.663. The highest BCUT2D eigenvalue weighted by Gasteiger charge is 2.43. The van der Waals surface area contributed by atoms with Gasteiger partial charge in [-0.15, -0.1) is 0 Å². The molecule has 0 saturated carbocycles. The second-order valence-corrected chi connectivity index (χ2v) is 14.9. The van der Waals surface area contributed by atoms with E-state index in [2.05, 4.69) is 13.8 Å². The van der Waals surface area contributed by atoms with E-state index in [4.69, 9.17) is 0 Å². The number of rotatable bonds is 37. The summed E-state index contributed by atoms with van der Waals surface area (Å²) in [5, 5.41) is 19.5. The predicted molar refractivity (Wildman–Crippen MR) is 195 cm³/mol. The highest BCUT2D eigenvalue weighted by Crippen LogP contribution is 2.39. The van der Waals surface area contributed by atoms with Crippen LogP contribution in [0.1, 0.15) is 239 Å². The van der Waals surface area contributed by atoms with Crippen molar-refractivity contribution >= 4 is 11.9 Å². The monoisotopic (exact) mass is 637 g/mol. The van der Waals surface area contributed by atoms with E-state index in [1.165, 1.54) is 180 Å². The van der Waals surface area contributed by atoms with E-state index in [9.17, 15) is 19.8 Å². The number of carboxylic acid groups (broad SMARTS) is 2. The molecule has 0 aromatic carbocycles. The van der Waals surface area contributed by atoms with E-state index >= 15 is 0 Å². The molecule has 45 heavy (non-hydrogen) atoms. The van der Waals surface area contributed by atoms with Crippen molar-refractivity contribution in [2.75, 3.05) is 0 Å². The van der Waals surface area contributed by atoms with Gasteiger partial charge in [0.2, 0.25) is 0 Å². The predicted octanol–water partition coefficient (Wildman–Crippen LogP) is 14.1. The Balaban J connectivity index is 3.97. The molecule has 0 fully saturated rings. The van der Waals surface area contributed by atoms with Crippen LogP contribution in [-0.4, -0.2) is 22.2 Å². The Morgan fingerprint density at radius 2 is 0.556 bits per heavy atom. The lowest BCUT2D eigenvalue weighted by atomic mass is 9.70. The van der Waals surface area contributed by atoms with Crippen LogP contribution < -0.4 is 0 Å². The number of aliphatic carboxylic acids is 2. The van der Waals surface area contributed by atoms with Gasteiger partial charge in [-0.1, -0.05) is 226 Å².